The lowest BCUT2D eigenvalue weighted by Gasteiger charge is -2.44. The van der Waals surface area contributed by atoms with E-state index in [1.807, 2.05) is 6.92 Å². The number of aliphatic hydroxyl groups excluding tert-OH is 2. The van der Waals surface area contributed by atoms with E-state index in [9.17, 15) is 15.3 Å². The third-order valence-electron chi connectivity index (χ3n) is 4.23. The van der Waals surface area contributed by atoms with Crippen LogP contribution in [0.1, 0.15) is 40.5 Å². The third-order valence-corrected chi connectivity index (χ3v) is 4.23. The quantitative estimate of drug-likeness (QED) is 0.672. The molecule has 118 valence electrons. The predicted octanol–water partition coefficient (Wildman–Crippen LogP) is 0.177. The molecule has 0 saturated carbocycles. The molecule has 0 aliphatic carbocycles. The van der Waals surface area contributed by atoms with Crippen LogP contribution in [0.3, 0.4) is 0 Å². The van der Waals surface area contributed by atoms with Gasteiger partial charge in [-0.1, -0.05) is 0 Å². The molecule has 2 rings (SSSR count). The summed E-state index contributed by atoms with van der Waals surface area (Å²) in [5.74, 6) is 0. The van der Waals surface area contributed by atoms with Gasteiger partial charge in [-0.15, -0.1) is 0 Å². The van der Waals surface area contributed by atoms with Gasteiger partial charge in [-0.2, -0.15) is 0 Å². The van der Waals surface area contributed by atoms with E-state index in [2.05, 4.69) is 0 Å². The molecule has 3 N–H and O–H groups in total. The largest absolute Gasteiger partial charge is 0.388 e. The van der Waals surface area contributed by atoms with Gasteiger partial charge in [0.05, 0.1) is 30.0 Å². The highest BCUT2D eigenvalue weighted by molar-refractivity contribution is 4.92. The molecule has 0 radical (unpaired) electrons. The Balaban J connectivity index is 1.99. The van der Waals surface area contributed by atoms with Crippen LogP contribution in [-0.2, 0) is 14.2 Å². The molecule has 8 atom stereocenters. The predicted molar refractivity (Wildman–Crippen MR) is 71.1 cm³/mol. The topological polar surface area (TPSA) is 88.4 Å². The Morgan fingerprint density at radius 2 is 1.75 bits per heavy atom. The van der Waals surface area contributed by atoms with Crippen molar-refractivity contribution in [2.75, 3.05) is 0 Å². The Hall–Kier alpha value is -0.240. The van der Waals surface area contributed by atoms with Gasteiger partial charge in [-0.3, -0.25) is 0 Å². The van der Waals surface area contributed by atoms with E-state index >= 15 is 0 Å². The van der Waals surface area contributed by atoms with Crippen LogP contribution in [0.25, 0.3) is 0 Å². The van der Waals surface area contributed by atoms with E-state index in [1.54, 1.807) is 20.8 Å². The molecule has 0 amide bonds. The van der Waals surface area contributed by atoms with Gasteiger partial charge in [-0.25, -0.2) is 0 Å². The normalized spacial score (nSPS) is 53.9. The van der Waals surface area contributed by atoms with Crippen LogP contribution in [-0.4, -0.2) is 63.8 Å². The summed E-state index contributed by atoms with van der Waals surface area (Å²) < 4.78 is 16.9. The monoisotopic (exact) mass is 290 g/mol. The first kappa shape index (κ1) is 16.1. The number of hydrogen-bond acceptors (Lipinski definition) is 6. The molecular formula is C14H26O6. The van der Waals surface area contributed by atoms with E-state index in [0.29, 0.717) is 6.42 Å². The van der Waals surface area contributed by atoms with Crippen LogP contribution in [0.2, 0.25) is 0 Å². The average Bonchev–Trinajstić information content (AvgIpc) is 2.32. The van der Waals surface area contributed by atoms with E-state index in [0.717, 1.165) is 0 Å². The van der Waals surface area contributed by atoms with Crippen molar-refractivity contribution in [3.8, 4) is 0 Å². The molecular weight excluding hydrogens is 264 g/mol. The smallest absolute Gasteiger partial charge is 0.161 e. The minimum atomic E-state index is -1.25. The molecule has 2 aliphatic rings. The molecule has 0 spiro atoms. The summed E-state index contributed by atoms with van der Waals surface area (Å²) >= 11 is 0. The molecule has 20 heavy (non-hydrogen) atoms. The molecule has 0 bridgehead atoms. The van der Waals surface area contributed by atoms with Crippen molar-refractivity contribution in [2.24, 2.45) is 0 Å². The van der Waals surface area contributed by atoms with Crippen LogP contribution in [0.15, 0.2) is 0 Å². The highest BCUT2D eigenvalue weighted by atomic mass is 16.7. The highest BCUT2D eigenvalue weighted by Crippen LogP contribution is 2.32. The summed E-state index contributed by atoms with van der Waals surface area (Å²) in [5.41, 5.74) is -1.25. The lowest BCUT2D eigenvalue weighted by molar-refractivity contribution is -0.302. The summed E-state index contributed by atoms with van der Waals surface area (Å²) in [4.78, 5) is 0. The molecule has 2 fully saturated rings. The first-order chi connectivity index (χ1) is 9.20. The minimum absolute atomic E-state index is 0.00511. The van der Waals surface area contributed by atoms with Crippen LogP contribution < -0.4 is 0 Å². The molecule has 2 heterocycles. The second-order valence-electron chi connectivity index (χ2n) is 6.33. The Morgan fingerprint density at radius 3 is 2.35 bits per heavy atom. The van der Waals surface area contributed by atoms with Crippen molar-refractivity contribution in [3.63, 3.8) is 0 Å². The maximum absolute atomic E-state index is 10.2. The molecule has 6 nitrogen and oxygen atoms in total. The van der Waals surface area contributed by atoms with Crippen LogP contribution in [0, 0.1) is 0 Å². The van der Waals surface area contributed by atoms with Crippen molar-refractivity contribution in [1.82, 2.24) is 0 Å². The second-order valence-corrected chi connectivity index (χ2v) is 6.33. The highest BCUT2D eigenvalue weighted by Gasteiger charge is 2.45. The SMILES string of the molecule is CC1O[C@@H](C)CC(O[C@H]2CC(C)(O)[C@H](O)C(C)O2)[C@@H]1O. The molecule has 0 aromatic rings. The van der Waals surface area contributed by atoms with Crippen molar-refractivity contribution in [1.29, 1.82) is 0 Å². The maximum Gasteiger partial charge on any atom is 0.161 e. The zero-order valence-corrected chi connectivity index (χ0v) is 12.5. The second kappa shape index (κ2) is 5.87. The van der Waals surface area contributed by atoms with Crippen LogP contribution in [0.4, 0.5) is 0 Å². The van der Waals surface area contributed by atoms with E-state index < -0.39 is 36.3 Å². The average molecular weight is 290 g/mol. The standard InChI is InChI=1S/C14H26O6/c1-7-5-10(12(15)8(2)18-7)20-11-6-14(4,17)13(16)9(3)19-11/h7-13,15-17H,5-6H2,1-4H3/t7-,8?,9?,10?,11-,12+,13+,14?/m0/s1. The summed E-state index contributed by atoms with van der Waals surface area (Å²) in [6.45, 7) is 7.00. The summed E-state index contributed by atoms with van der Waals surface area (Å²) in [6.07, 6.45) is -2.76. The van der Waals surface area contributed by atoms with Gasteiger partial charge in [0, 0.05) is 12.8 Å². The molecule has 2 aliphatic heterocycles. The first-order valence-corrected chi connectivity index (χ1v) is 7.25. The van der Waals surface area contributed by atoms with Gasteiger partial charge in [0.15, 0.2) is 6.29 Å². The third kappa shape index (κ3) is 3.32. The van der Waals surface area contributed by atoms with E-state index in [-0.39, 0.29) is 18.6 Å². The molecule has 2 saturated heterocycles. The zero-order chi connectivity index (χ0) is 15.1. The number of rotatable bonds is 2. The number of hydrogen-bond donors (Lipinski definition) is 3. The number of ether oxygens (including phenoxy) is 3. The van der Waals surface area contributed by atoms with Crippen LogP contribution in [0.5, 0.6) is 0 Å². The van der Waals surface area contributed by atoms with Gasteiger partial charge in [0.25, 0.3) is 0 Å². The summed E-state index contributed by atoms with van der Waals surface area (Å²) in [6, 6.07) is 0. The lowest BCUT2D eigenvalue weighted by atomic mass is 9.89. The minimum Gasteiger partial charge on any atom is -0.388 e. The van der Waals surface area contributed by atoms with Gasteiger partial charge in [0.1, 0.15) is 12.2 Å². The fraction of sp³-hybridized carbons (Fsp3) is 1.00. The molecule has 6 heteroatoms. The van der Waals surface area contributed by atoms with Gasteiger partial charge >= 0.3 is 0 Å². The first-order valence-electron chi connectivity index (χ1n) is 7.25. The molecule has 0 aromatic heterocycles. The molecule has 4 unspecified atom stereocenters. The van der Waals surface area contributed by atoms with Crippen molar-refractivity contribution < 1.29 is 29.5 Å². The van der Waals surface area contributed by atoms with Crippen LogP contribution >= 0.6 is 0 Å². The summed E-state index contributed by atoms with van der Waals surface area (Å²) in [5, 5.41) is 30.2. The maximum atomic E-state index is 10.2. The Kier molecular flexibility index (Phi) is 4.73. The fourth-order valence-corrected chi connectivity index (χ4v) is 3.01. The Labute approximate surface area is 119 Å². The van der Waals surface area contributed by atoms with Crippen molar-refractivity contribution in [2.45, 2.75) is 89.1 Å². The van der Waals surface area contributed by atoms with Gasteiger partial charge < -0.3 is 29.5 Å². The number of aliphatic hydroxyl groups is 3. The van der Waals surface area contributed by atoms with E-state index in [1.165, 1.54) is 0 Å². The van der Waals surface area contributed by atoms with E-state index in [4.69, 9.17) is 14.2 Å². The van der Waals surface area contributed by atoms with Gasteiger partial charge in [0.2, 0.25) is 0 Å². The summed E-state index contributed by atoms with van der Waals surface area (Å²) in [7, 11) is 0. The molecule has 0 aromatic carbocycles. The van der Waals surface area contributed by atoms with Crippen molar-refractivity contribution >= 4 is 0 Å². The zero-order valence-electron chi connectivity index (χ0n) is 12.5. The van der Waals surface area contributed by atoms with Gasteiger partial charge in [-0.05, 0) is 27.7 Å². The fourth-order valence-electron chi connectivity index (χ4n) is 3.01. The van der Waals surface area contributed by atoms with Crippen molar-refractivity contribution in [3.05, 3.63) is 0 Å². The lowest BCUT2D eigenvalue weighted by Crippen LogP contribution is -2.57. The Morgan fingerprint density at radius 1 is 1.10 bits per heavy atom. The Bertz CT molecular complexity index is 334.